The molecule has 0 aliphatic heterocycles. The first-order valence-corrected chi connectivity index (χ1v) is 6.73. The molecule has 100 valence electrons. The normalized spacial score (nSPS) is 22.6. The van der Waals surface area contributed by atoms with E-state index in [9.17, 15) is 9.59 Å². The molecule has 0 spiro atoms. The highest BCUT2D eigenvalue weighted by Gasteiger charge is 2.57. The van der Waals surface area contributed by atoms with E-state index < -0.39 is 11.4 Å². The number of rotatable bonds is 4. The molecule has 1 fully saturated rings. The minimum absolute atomic E-state index is 0.315. The van der Waals surface area contributed by atoms with Crippen LogP contribution in [0.3, 0.4) is 0 Å². The molecule has 0 bridgehead atoms. The average molecular weight is 259 g/mol. The predicted molar refractivity (Wildman–Crippen MR) is 69.8 cm³/mol. The van der Waals surface area contributed by atoms with Crippen LogP contribution in [-0.4, -0.2) is 23.5 Å². The van der Waals surface area contributed by atoms with E-state index in [0.717, 1.165) is 12.8 Å². The summed E-state index contributed by atoms with van der Waals surface area (Å²) in [4.78, 5) is 23.0. The summed E-state index contributed by atoms with van der Waals surface area (Å²) < 4.78 is 0. The van der Waals surface area contributed by atoms with Crippen LogP contribution < -0.4 is 5.32 Å². The van der Waals surface area contributed by atoms with E-state index in [-0.39, 0.29) is 5.91 Å². The van der Waals surface area contributed by atoms with Crippen molar-refractivity contribution in [1.82, 2.24) is 5.32 Å². The topological polar surface area (TPSA) is 66.4 Å². The number of aryl methyl sites for hydroxylation is 1. The zero-order chi connectivity index (χ0) is 13.5. The Balaban J connectivity index is 1.63. The summed E-state index contributed by atoms with van der Waals surface area (Å²) >= 11 is 0. The highest BCUT2D eigenvalue weighted by atomic mass is 16.4. The van der Waals surface area contributed by atoms with Crippen LogP contribution in [0.4, 0.5) is 0 Å². The van der Waals surface area contributed by atoms with Gasteiger partial charge in [-0.1, -0.05) is 24.3 Å². The molecule has 1 saturated carbocycles. The molecule has 2 aliphatic carbocycles. The van der Waals surface area contributed by atoms with Crippen LogP contribution in [0.15, 0.2) is 24.3 Å². The second kappa shape index (κ2) is 4.37. The number of nitrogens with one attached hydrogen (secondary N) is 1. The van der Waals surface area contributed by atoms with Crippen LogP contribution in [0.5, 0.6) is 0 Å². The van der Waals surface area contributed by atoms with E-state index in [1.54, 1.807) is 0 Å². The maximum Gasteiger partial charge on any atom is 0.319 e. The maximum atomic E-state index is 11.9. The van der Waals surface area contributed by atoms with E-state index in [1.807, 2.05) is 12.1 Å². The molecule has 1 atom stereocenters. The molecule has 1 aromatic rings. The van der Waals surface area contributed by atoms with Crippen molar-refractivity contribution in [3.05, 3.63) is 35.4 Å². The Morgan fingerprint density at radius 3 is 2.74 bits per heavy atom. The minimum Gasteiger partial charge on any atom is -0.480 e. The van der Waals surface area contributed by atoms with Crippen molar-refractivity contribution in [1.29, 1.82) is 0 Å². The van der Waals surface area contributed by atoms with Gasteiger partial charge in [0.2, 0.25) is 5.91 Å². The van der Waals surface area contributed by atoms with Crippen LogP contribution in [-0.2, 0) is 16.0 Å². The molecule has 1 aromatic carbocycles. The summed E-state index contributed by atoms with van der Waals surface area (Å²) in [6.07, 6.45) is 3.01. The van der Waals surface area contributed by atoms with Gasteiger partial charge in [-0.2, -0.15) is 0 Å². The molecular weight excluding hydrogens is 242 g/mol. The van der Waals surface area contributed by atoms with Crippen molar-refractivity contribution in [2.45, 2.75) is 31.6 Å². The van der Waals surface area contributed by atoms with E-state index in [4.69, 9.17) is 5.11 Å². The number of amides is 1. The Morgan fingerprint density at radius 2 is 2.05 bits per heavy atom. The van der Waals surface area contributed by atoms with Gasteiger partial charge in [-0.25, -0.2) is 0 Å². The Hall–Kier alpha value is -1.84. The van der Waals surface area contributed by atoms with Crippen molar-refractivity contribution < 1.29 is 14.7 Å². The zero-order valence-corrected chi connectivity index (χ0v) is 10.7. The van der Waals surface area contributed by atoms with E-state index in [1.165, 1.54) is 11.1 Å². The molecule has 4 nitrogen and oxygen atoms in total. The maximum absolute atomic E-state index is 11.9. The van der Waals surface area contributed by atoms with Crippen LogP contribution in [0.1, 0.15) is 36.3 Å². The molecule has 19 heavy (non-hydrogen) atoms. The number of carboxylic acid groups (broad SMARTS) is 1. The molecule has 2 aliphatic rings. The molecule has 2 N–H and O–H groups in total. The number of hydrogen-bond acceptors (Lipinski definition) is 2. The molecule has 0 aromatic heterocycles. The van der Waals surface area contributed by atoms with Gasteiger partial charge in [0, 0.05) is 12.5 Å². The predicted octanol–water partition coefficient (Wildman–Crippen LogP) is 1.70. The lowest BCUT2D eigenvalue weighted by Gasteiger charge is -2.15. The number of carbonyl (C=O) groups is 2. The van der Waals surface area contributed by atoms with Crippen molar-refractivity contribution in [3.8, 4) is 0 Å². The van der Waals surface area contributed by atoms with Crippen molar-refractivity contribution >= 4 is 11.9 Å². The minimum atomic E-state index is -1.13. The lowest BCUT2D eigenvalue weighted by atomic mass is 10.0. The largest absolute Gasteiger partial charge is 0.480 e. The van der Waals surface area contributed by atoms with Gasteiger partial charge < -0.3 is 10.4 Å². The summed E-state index contributed by atoms with van der Waals surface area (Å²) in [6.45, 7) is 0.547. The molecule has 3 rings (SSSR count). The van der Waals surface area contributed by atoms with Crippen LogP contribution >= 0.6 is 0 Å². The van der Waals surface area contributed by atoms with Gasteiger partial charge in [-0.15, -0.1) is 0 Å². The fourth-order valence-corrected chi connectivity index (χ4v) is 2.91. The summed E-state index contributed by atoms with van der Waals surface area (Å²) in [5, 5.41) is 11.9. The Bertz CT molecular complexity index is 534. The van der Waals surface area contributed by atoms with Crippen LogP contribution in [0, 0.1) is 5.41 Å². The van der Waals surface area contributed by atoms with Crippen molar-refractivity contribution in [2.24, 2.45) is 5.41 Å². The smallest absolute Gasteiger partial charge is 0.319 e. The van der Waals surface area contributed by atoms with E-state index in [2.05, 4.69) is 17.4 Å². The Morgan fingerprint density at radius 1 is 1.32 bits per heavy atom. The van der Waals surface area contributed by atoms with E-state index in [0.29, 0.717) is 25.3 Å². The molecular formula is C15H17NO3. The quantitative estimate of drug-likeness (QED) is 0.809. The van der Waals surface area contributed by atoms with Gasteiger partial charge in [0.15, 0.2) is 0 Å². The fraction of sp³-hybridized carbons (Fsp3) is 0.467. The Kier molecular flexibility index (Phi) is 2.81. The monoisotopic (exact) mass is 259 g/mol. The molecule has 0 saturated heterocycles. The number of carboxylic acids is 1. The van der Waals surface area contributed by atoms with Gasteiger partial charge >= 0.3 is 5.97 Å². The third-order valence-corrected chi connectivity index (χ3v) is 4.36. The molecule has 1 unspecified atom stereocenters. The van der Waals surface area contributed by atoms with Crippen LogP contribution in [0.2, 0.25) is 0 Å². The number of carbonyl (C=O) groups excluding carboxylic acids is 1. The first kappa shape index (κ1) is 12.2. The molecule has 0 radical (unpaired) electrons. The molecule has 0 heterocycles. The number of fused-ring (bicyclic) bond motifs is 1. The highest BCUT2D eigenvalue weighted by Crippen LogP contribution is 2.46. The SMILES string of the molecule is O=C(O)C1(C(=O)NCC2CCc3ccccc32)CC1. The second-order valence-electron chi connectivity index (χ2n) is 5.53. The Labute approximate surface area is 111 Å². The third kappa shape index (κ3) is 2.01. The summed E-state index contributed by atoms with van der Waals surface area (Å²) in [5.74, 6) is -0.981. The first-order chi connectivity index (χ1) is 9.13. The van der Waals surface area contributed by atoms with Gasteiger partial charge in [-0.05, 0) is 36.8 Å². The number of aliphatic carboxylic acids is 1. The van der Waals surface area contributed by atoms with Crippen molar-refractivity contribution in [3.63, 3.8) is 0 Å². The van der Waals surface area contributed by atoms with Gasteiger partial charge in [-0.3, -0.25) is 9.59 Å². The lowest BCUT2D eigenvalue weighted by molar-refractivity contribution is -0.149. The van der Waals surface area contributed by atoms with E-state index >= 15 is 0 Å². The standard InChI is InChI=1S/C15H17NO3/c17-13(15(7-8-15)14(18)19)16-9-11-6-5-10-3-1-2-4-12(10)11/h1-4,11H,5-9H2,(H,16,17)(H,18,19). The third-order valence-electron chi connectivity index (χ3n) is 4.36. The summed E-state index contributed by atoms with van der Waals surface area (Å²) in [7, 11) is 0. The highest BCUT2D eigenvalue weighted by molar-refractivity contribution is 6.04. The zero-order valence-electron chi connectivity index (χ0n) is 10.7. The van der Waals surface area contributed by atoms with Gasteiger partial charge in [0.05, 0.1) is 0 Å². The van der Waals surface area contributed by atoms with Crippen LogP contribution in [0.25, 0.3) is 0 Å². The number of benzene rings is 1. The summed E-state index contributed by atoms with van der Waals surface area (Å²) in [6, 6.07) is 8.27. The fourth-order valence-electron chi connectivity index (χ4n) is 2.91. The number of hydrogen-bond donors (Lipinski definition) is 2. The van der Waals surface area contributed by atoms with Gasteiger partial charge in [0.25, 0.3) is 0 Å². The second-order valence-corrected chi connectivity index (χ2v) is 5.53. The van der Waals surface area contributed by atoms with Gasteiger partial charge in [0.1, 0.15) is 5.41 Å². The first-order valence-electron chi connectivity index (χ1n) is 6.73. The lowest BCUT2D eigenvalue weighted by Crippen LogP contribution is -2.38. The molecule has 4 heteroatoms. The molecule has 1 amide bonds. The van der Waals surface area contributed by atoms with Crippen molar-refractivity contribution in [2.75, 3.05) is 6.54 Å². The average Bonchev–Trinajstić information content (AvgIpc) is 3.13. The summed E-state index contributed by atoms with van der Waals surface area (Å²) in [5.41, 5.74) is 1.52.